The van der Waals surface area contributed by atoms with E-state index in [9.17, 15) is 4.79 Å². The van der Waals surface area contributed by atoms with E-state index in [1.165, 1.54) is 4.88 Å². The molecule has 0 fully saturated rings. The molecule has 1 aliphatic heterocycles. The molecule has 0 atom stereocenters. The van der Waals surface area contributed by atoms with Crippen LogP contribution in [-0.2, 0) is 13.1 Å². The number of aromatic nitrogens is 1. The molecule has 6 heteroatoms. The van der Waals surface area contributed by atoms with Crippen LogP contribution in [0.25, 0.3) is 10.9 Å². The van der Waals surface area contributed by atoms with Crippen LogP contribution in [0.5, 0.6) is 11.5 Å². The van der Waals surface area contributed by atoms with Crippen LogP contribution in [0.2, 0.25) is 0 Å². The molecule has 0 saturated heterocycles. The average molecular weight is 314 g/mol. The Morgan fingerprint density at radius 2 is 2.05 bits per heavy atom. The standard InChI is InChI=1S/C16H14N2O3S/c19-16-11(7-17-8-12-2-1-3-22-12)4-10-5-14-15(21-9-20-14)6-13(10)18-16/h1-6,17H,7-9H2,(H,18,19). The molecule has 3 aromatic rings. The van der Waals surface area contributed by atoms with Gasteiger partial charge in [-0.15, -0.1) is 11.3 Å². The maximum Gasteiger partial charge on any atom is 0.252 e. The number of benzene rings is 1. The Bertz CT molecular complexity index is 871. The van der Waals surface area contributed by atoms with Crippen LogP contribution in [0.3, 0.4) is 0 Å². The summed E-state index contributed by atoms with van der Waals surface area (Å²) in [6.45, 7) is 1.51. The maximum atomic E-state index is 12.2. The second-order valence-corrected chi connectivity index (χ2v) is 6.13. The number of rotatable bonds is 4. The molecule has 112 valence electrons. The number of thiophene rings is 1. The summed E-state index contributed by atoms with van der Waals surface area (Å²) in [4.78, 5) is 16.3. The van der Waals surface area contributed by atoms with Gasteiger partial charge in [-0.1, -0.05) is 6.07 Å². The fraction of sp³-hybridized carbons (Fsp3) is 0.188. The molecule has 2 aromatic heterocycles. The van der Waals surface area contributed by atoms with Crippen molar-refractivity contribution in [3.05, 3.63) is 56.5 Å². The van der Waals surface area contributed by atoms with Crippen LogP contribution in [0.1, 0.15) is 10.4 Å². The first kappa shape index (κ1) is 13.4. The predicted molar refractivity (Wildman–Crippen MR) is 85.6 cm³/mol. The second kappa shape index (κ2) is 5.47. The maximum absolute atomic E-state index is 12.2. The molecule has 1 aliphatic rings. The van der Waals surface area contributed by atoms with E-state index in [4.69, 9.17) is 9.47 Å². The fourth-order valence-electron chi connectivity index (χ4n) is 2.51. The largest absolute Gasteiger partial charge is 0.454 e. The van der Waals surface area contributed by atoms with Crippen LogP contribution < -0.4 is 20.3 Å². The van der Waals surface area contributed by atoms with Gasteiger partial charge in [0.15, 0.2) is 11.5 Å². The van der Waals surface area contributed by atoms with Gasteiger partial charge in [-0.3, -0.25) is 4.79 Å². The number of fused-ring (bicyclic) bond motifs is 2. The van der Waals surface area contributed by atoms with Gasteiger partial charge in [0, 0.05) is 35.0 Å². The lowest BCUT2D eigenvalue weighted by Gasteiger charge is -2.06. The third-order valence-corrected chi connectivity index (χ3v) is 4.49. The van der Waals surface area contributed by atoms with E-state index >= 15 is 0 Å². The summed E-state index contributed by atoms with van der Waals surface area (Å²) < 4.78 is 10.7. The Hall–Kier alpha value is -2.31. The van der Waals surface area contributed by atoms with E-state index in [2.05, 4.69) is 16.4 Å². The Morgan fingerprint density at radius 3 is 2.86 bits per heavy atom. The van der Waals surface area contributed by atoms with Gasteiger partial charge >= 0.3 is 0 Å². The number of pyridine rings is 1. The van der Waals surface area contributed by atoms with E-state index in [1.54, 1.807) is 11.3 Å². The fourth-order valence-corrected chi connectivity index (χ4v) is 3.18. The van der Waals surface area contributed by atoms with Crippen molar-refractivity contribution in [3.63, 3.8) is 0 Å². The molecule has 0 radical (unpaired) electrons. The molecule has 0 spiro atoms. The summed E-state index contributed by atoms with van der Waals surface area (Å²) in [5.41, 5.74) is 1.39. The molecule has 0 amide bonds. The summed E-state index contributed by atoms with van der Waals surface area (Å²) in [6.07, 6.45) is 0. The highest BCUT2D eigenvalue weighted by atomic mass is 32.1. The van der Waals surface area contributed by atoms with Crippen molar-refractivity contribution in [1.82, 2.24) is 10.3 Å². The van der Waals surface area contributed by atoms with Gasteiger partial charge < -0.3 is 19.8 Å². The van der Waals surface area contributed by atoms with E-state index < -0.39 is 0 Å². The van der Waals surface area contributed by atoms with Gasteiger partial charge in [0.1, 0.15) is 0 Å². The van der Waals surface area contributed by atoms with Crippen LogP contribution in [-0.4, -0.2) is 11.8 Å². The molecule has 0 bridgehead atoms. The summed E-state index contributed by atoms with van der Waals surface area (Å²) >= 11 is 1.70. The number of aromatic amines is 1. The molecule has 0 aliphatic carbocycles. The Morgan fingerprint density at radius 1 is 1.18 bits per heavy atom. The monoisotopic (exact) mass is 314 g/mol. The molecule has 1 aromatic carbocycles. The molecule has 0 saturated carbocycles. The van der Waals surface area contributed by atoms with Crippen molar-refractivity contribution in [1.29, 1.82) is 0 Å². The number of ether oxygens (including phenoxy) is 2. The van der Waals surface area contributed by atoms with E-state index in [1.807, 2.05) is 29.6 Å². The summed E-state index contributed by atoms with van der Waals surface area (Å²) in [5, 5.41) is 6.28. The lowest BCUT2D eigenvalue weighted by Crippen LogP contribution is -2.20. The van der Waals surface area contributed by atoms with Gasteiger partial charge in [0.05, 0.1) is 5.52 Å². The minimum atomic E-state index is -0.0787. The summed E-state index contributed by atoms with van der Waals surface area (Å²) in [6, 6.07) is 9.70. The Labute approximate surface area is 130 Å². The summed E-state index contributed by atoms with van der Waals surface area (Å²) in [5.74, 6) is 1.39. The van der Waals surface area contributed by atoms with Crippen LogP contribution in [0.15, 0.2) is 40.5 Å². The molecule has 5 nitrogen and oxygen atoms in total. The average Bonchev–Trinajstić information content (AvgIpc) is 3.16. The van der Waals surface area contributed by atoms with Crippen molar-refractivity contribution in [2.24, 2.45) is 0 Å². The van der Waals surface area contributed by atoms with Crippen LogP contribution in [0, 0.1) is 0 Å². The first-order valence-electron chi connectivity index (χ1n) is 6.98. The highest BCUT2D eigenvalue weighted by molar-refractivity contribution is 7.09. The molecular weight excluding hydrogens is 300 g/mol. The third-order valence-electron chi connectivity index (χ3n) is 3.61. The van der Waals surface area contributed by atoms with E-state index in [0.29, 0.717) is 17.9 Å². The van der Waals surface area contributed by atoms with Crippen LogP contribution in [0.4, 0.5) is 0 Å². The van der Waals surface area contributed by atoms with Crippen molar-refractivity contribution >= 4 is 22.2 Å². The molecule has 2 N–H and O–H groups in total. The van der Waals surface area contributed by atoms with Gasteiger partial charge in [0.2, 0.25) is 6.79 Å². The van der Waals surface area contributed by atoms with Crippen molar-refractivity contribution < 1.29 is 9.47 Å². The van der Waals surface area contributed by atoms with E-state index in [0.717, 1.165) is 23.2 Å². The quantitative estimate of drug-likeness (QED) is 0.777. The minimum absolute atomic E-state index is 0.0787. The van der Waals surface area contributed by atoms with Crippen molar-refractivity contribution in [2.75, 3.05) is 6.79 Å². The molecule has 3 heterocycles. The highest BCUT2D eigenvalue weighted by Gasteiger charge is 2.15. The number of nitrogens with one attached hydrogen (secondary N) is 2. The number of hydrogen-bond acceptors (Lipinski definition) is 5. The van der Waals surface area contributed by atoms with Gasteiger partial charge in [-0.25, -0.2) is 0 Å². The van der Waals surface area contributed by atoms with Crippen molar-refractivity contribution in [2.45, 2.75) is 13.1 Å². The lowest BCUT2D eigenvalue weighted by atomic mass is 10.1. The van der Waals surface area contributed by atoms with Gasteiger partial charge in [-0.2, -0.15) is 0 Å². The van der Waals surface area contributed by atoms with Gasteiger partial charge in [-0.05, 0) is 23.6 Å². The van der Waals surface area contributed by atoms with Crippen molar-refractivity contribution in [3.8, 4) is 11.5 Å². The van der Waals surface area contributed by atoms with E-state index in [-0.39, 0.29) is 12.4 Å². The normalized spacial score (nSPS) is 12.9. The second-order valence-electron chi connectivity index (χ2n) is 5.10. The molecule has 0 unspecified atom stereocenters. The Balaban J connectivity index is 1.59. The Kier molecular flexibility index (Phi) is 3.32. The highest BCUT2D eigenvalue weighted by Crippen LogP contribution is 2.35. The molecular formula is C16H14N2O3S. The smallest absolute Gasteiger partial charge is 0.252 e. The molecule has 4 rings (SSSR count). The SMILES string of the molecule is O=c1[nH]c2cc3c(cc2cc1CNCc1cccs1)OCO3. The predicted octanol–water partition coefficient (Wildman–Crippen LogP) is 2.61. The zero-order chi connectivity index (χ0) is 14.9. The minimum Gasteiger partial charge on any atom is -0.454 e. The third kappa shape index (κ3) is 2.47. The zero-order valence-electron chi connectivity index (χ0n) is 11.7. The number of hydrogen-bond donors (Lipinski definition) is 2. The van der Waals surface area contributed by atoms with Gasteiger partial charge in [0.25, 0.3) is 5.56 Å². The lowest BCUT2D eigenvalue weighted by molar-refractivity contribution is 0.174. The first-order chi connectivity index (χ1) is 10.8. The zero-order valence-corrected chi connectivity index (χ0v) is 12.5. The summed E-state index contributed by atoms with van der Waals surface area (Å²) in [7, 11) is 0. The van der Waals surface area contributed by atoms with Crippen LogP contribution >= 0.6 is 11.3 Å². The topological polar surface area (TPSA) is 63.4 Å². The first-order valence-corrected chi connectivity index (χ1v) is 7.86. The number of H-pyrrole nitrogens is 1. The molecule has 22 heavy (non-hydrogen) atoms.